The second-order valence-corrected chi connectivity index (χ2v) is 8.52. The lowest BCUT2D eigenvalue weighted by atomic mass is 10.1. The third-order valence-electron chi connectivity index (χ3n) is 6.01. The summed E-state index contributed by atoms with van der Waals surface area (Å²) in [5, 5.41) is 7.03. The van der Waals surface area contributed by atoms with Crippen LogP contribution in [0.3, 0.4) is 0 Å². The molecule has 0 radical (unpaired) electrons. The van der Waals surface area contributed by atoms with Gasteiger partial charge in [0.05, 0.1) is 12.2 Å². The van der Waals surface area contributed by atoms with Gasteiger partial charge in [0, 0.05) is 37.1 Å². The number of anilines is 1. The molecule has 0 unspecified atom stereocenters. The largest absolute Gasteiger partial charge is 0.413 e. The molecule has 0 bridgehead atoms. The number of pyridine rings is 1. The van der Waals surface area contributed by atoms with Crippen LogP contribution in [0, 0.1) is 5.82 Å². The topological polar surface area (TPSA) is 93.8 Å². The number of fused-ring (bicyclic) bond motifs is 1. The Morgan fingerprint density at radius 1 is 1.39 bits per heavy atom. The van der Waals surface area contributed by atoms with E-state index < -0.39 is 11.9 Å². The monoisotopic (exact) mass is 426 g/mol. The predicted molar refractivity (Wildman–Crippen MR) is 111 cm³/mol. The average molecular weight is 426 g/mol. The number of carbonyl (C=O) groups is 1. The molecule has 1 saturated heterocycles. The summed E-state index contributed by atoms with van der Waals surface area (Å²) in [6, 6.07) is 2.81. The Balaban J connectivity index is 1.46. The van der Waals surface area contributed by atoms with Gasteiger partial charge in [-0.05, 0) is 44.7 Å². The summed E-state index contributed by atoms with van der Waals surface area (Å²) >= 11 is 0. The Hall–Kier alpha value is -3.43. The van der Waals surface area contributed by atoms with Gasteiger partial charge in [0.1, 0.15) is 11.6 Å². The van der Waals surface area contributed by atoms with Crippen molar-refractivity contribution in [1.29, 1.82) is 0 Å². The molecule has 1 atom stereocenters. The van der Waals surface area contributed by atoms with E-state index in [9.17, 15) is 14.0 Å². The highest BCUT2D eigenvalue weighted by Gasteiger charge is 2.39. The van der Waals surface area contributed by atoms with Crippen molar-refractivity contribution in [3.8, 4) is 5.75 Å². The summed E-state index contributed by atoms with van der Waals surface area (Å²) < 4.78 is 22.2. The van der Waals surface area contributed by atoms with Crippen LogP contribution in [-0.2, 0) is 7.05 Å². The molecule has 10 heteroatoms. The molecule has 1 saturated carbocycles. The number of nitrogens with one attached hydrogen (secondary N) is 1. The Labute approximate surface area is 177 Å². The summed E-state index contributed by atoms with van der Waals surface area (Å²) in [7, 11) is 1.54. The fourth-order valence-electron chi connectivity index (χ4n) is 4.05. The van der Waals surface area contributed by atoms with Crippen LogP contribution in [0.25, 0.3) is 5.65 Å². The van der Waals surface area contributed by atoms with Crippen LogP contribution >= 0.6 is 0 Å². The molecule has 31 heavy (non-hydrogen) atoms. The van der Waals surface area contributed by atoms with Crippen LogP contribution < -0.4 is 20.5 Å². The summed E-state index contributed by atoms with van der Waals surface area (Å²) in [6.45, 7) is 2.64. The number of aryl methyl sites for hydroxylation is 1. The number of rotatable bonds is 4. The molecule has 2 aliphatic rings. The van der Waals surface area contributed by atoms with Crippen molar-refractivity contribution < 1.29 is 13.9 Å². The number of carbonyl (C=O) groups excluding carboxylic acids is 1. The minimum absolute atomic E-state index is 0.196. The van der Waals surface area contributed by atoms with Crippen molar-refractivity contribution in [3.05, 3.63) is 52.5 Å². The van der Waals surface area contributed by atoms with Crippen molar-refractivity contribution in [1.82, 2.24) is 24.5 Å². The Morgan fingerprint density at radius 2 is 2.19 bits per heavy atom. The number of halogens is 1. The molecule has 0 aromatic carbocycles. The van der Waals surface area contributed by atoms with E-state index in [4.69, 9.17) is 4.74 Å². The van der Waals surface area contributed by atoms with Crippen LogP contribution in [0.15, 0.2) is 35.5 Å². The summed E-state index contributed by atoms with van der Waals surface area (Å²) in [4.78, 5) is 31.5. The standard InChI is InChI=1S/C21H23FN6O3/c1-21(6-7-21)25-20(30)31-16-11-23-28-9-5-17(24-18(16)28)27-8-3-4-15(27)14-10-13(22)12-26(2)19(14)29/h5,9-12,15H,3-4,6-8H2,1-2H3,(H,25,30)/t15-/m1/s1. The lowest BCUT2D eigenvalue weighted by molar-refractivity contribution is 0.196. The van der Waals surface area contributed by atoms with Gasteiger partial charge in [-0.2, -0.15) is 5.10 Å². The maximum Gasteiger partial charge on any atom is 0.413 e. The first-order valence-electron chi connectivity index (χ1n) is 10.3. The maximum atomic E-state index is 14.0. The zero-order valence-corrected chi connectivity index (χ0v) is 17.3. The van der Waals surface area contributed by atoms with Crippen LogP contribution in [0.2, 0.25) is 0 Å². The van der Waals surface area contributed by atoms with Gasteiger partial charge in [-0.1, -0.05) is 0 Å². The van der Waals surface area contributed by atoms with E-state index in [0.717, 1.165) is 25.7 Å². The van der Waals surface area contributed by atoms with E-state index in [1.807, 2.05) is 11.8 Å². The predicted octanol–water partition coefficient (Wildman–Crippen LogP) is 2.55. The Kier molecular flexibility index (Phi) is 4.45. The van der Waals surface area contributed by atoms with Gasteiger partial charge in [0.15, 0.2) is 5.75 Å². The van der Waals surface area contributed by atoms with Gasteiger partial charge in [-0.15, -0.1) is 0 Å². The lowest BCUT2D eigenvalue weighted by Gasteiger charge is -2.26. The number of hydrogen-bond acceptors (Lipinski definition) is 6. The Morgan fingerprint density at radius 3 is 2.97 bits per heavy atom. The highest BCUT2D eigenvalue weighted by Crippen LogP contribution is 2.36. The average Bonchev–Trinajstić information content (AvgIpc) is 3.13. The molecule has 162 valence electrons. The van der Waals surface area contributed by atoms with Crippen LogP contribution in [-0.4, -0.2) is 37.3 Å². The fraction of sp³-hybridized carbons (Fsp3) is 0.429. The summed E-state index contributed by atoms with van der Waals surface area (Å²) in [5.74, 6) is 0.413. The van der Waals surface area contributed by atoms with Crippen molar-refractivity contribution in [2.45, 2.75) is 44.2 Å². The summed E-state index contributed by atoms with van der Waals surface area (Å²) in [5.41, 5.74) is 0.381. The molecule has 9 nitrogen and oxygen atoms in total. The molecular weight excluding hydrogens is 403 g/mol. The molecule has 5 rings (SSSR count). The SMILES string of the molecule is Cn1cc(F)cc([C@H]2CCCN2c2ccn3ncc(OC(=O)NC4(C)CC4)c3n2)c1=O. The molecule has 1 aliphatic heterocycles. The molecule has 1 aliphatic carbocycles. The number of nitrogens with zero attached hydrogens (tertiary/aromatic N) is 5. The van der Waals surface area contributed by atoms with Crippen molar-refractivity contribution in [2.75, 3.05) is 11.4 Å². The van der Waals surface area contributed by atoms with E-state index in [1.54, 1.807) is 19.3 Å². The minimum Gasteiger partial charge on any atom is -0.405 e. The third kappa shape index (κ3) is 3.62. The van der Waals surface area contributed by atoms with Crippen LogP contribution in [0.4, 0.5) is 15.0 Å². The molecule has 2 fully saturated rings. The molecule has 3 aromatic heterocycles. The number of amides is 1. The first-order valence-corrected chi connectivity index (χ1v) is 10.3. The van der Waals surface area contributed by atoms with Gasteiger partial charge >= 0.3 is 6.09 Å². The second kappa shape index (κ2) is 7.07. The third-order valence-corrected chi connectivity index (χ3v) is 6.01. The molecular formula is C21H23FN6O3. The normalized spacial score (nSPS) is 19.6. The van der Waals surface area contributed by atoms with E-state index in [2.05, 4.69) is 15.4 Å². The molecule has 4 heterocycles. The smallest absolute Gasteiger partial charge is 0.405 e. The molecule has 1 amide bonds. The van der Waals surface area contributed by atoms with E-state index in [0.29, 0.717) is 23.6 Å². The quantitative estimate of drug-likeness (QED) is 0.689. The maximum absolute atomic E-state index is 14.0. The van der Waals surface area contributed by atoms with Gasteiger partial charge in [0.2, 0.25) is 5.65 Å². The zero-order chi connectivity index (χ0) is 21.8. The zero-order valence-electron chi connectivity index (χ0n) is 17.3. The van der Waals surface area contributed by atoms with Crippen molar-refractivity contribution in [2.24, 2.45) is 7.05 Å². The summed E-state index contributed by atoms with van der Waals surface area (Å²) in [6.07, 6.45) is 7.23. The van der Waals surface area contributed by atoms with Crippen molar-refractivity contribution in [3.63, 3.8) is 0 Å². The number of aromatic nitrogens is 4. The molecule has 0 spiro atoms. The number of ether oxygens (including phenoxy) is 1. The first kappa shape index (κ1) is 19.5. The minimum atomic E-state index is -0.538. The molecule has 1 N–H and O–H groups in total. The highest BCUT2D eigenvalue weighted by atomic mass is 19.1. The van der Waals surface area contributed by atoms with Crippen LogP contribution in [0.5, 0.6) is 5.75 Å². The van der Waals surface area contributed by atoms with E-state index >= 15 is 0 Å². The second-order valence-electron chi connectivity index (χ2n) is 8.52. The van der Waals surface area contributed by atoms with Gasteiger partial charge in [-0.25, -0.2) is 18.7 Å². The fourth-order valence-corrected chi connectivity index (χ4v) is 4.05. The van der Waals surface area contributed by atoms with E-state index in [-0.39, 0.29) is 22.9 Å². The van der Waals surface area contributed by atoms with Crippen LogP contribution in [0.1, 0.15) is 44.2 Å². The number of hydrogen-bond donors (Lipinski definition) is 1. The Bertz CT molecular complexity index is 1230. The van der Waals surface area contributed by atoms with Gasteiger partial charge < -0.3 is 19.5 Å². The molecule has 3 aromatic rings. The highest BCUT2D eigenvalue weighted by molar-refractivity contribution is 5.74. The van der Waals surface area contributed by atoms with Gasteiger partial charge in [0.25, 0.3) is 5.56 Å². The first-order chi connectivity index (χ1) is 14.8. The lowest BCUT2D eigenvalue weighted by Crippen LogP contribution is -2.36. The van der Waals surface area contributed by atoms with Crippen molar-refractivity contribution >= 4 is 17.6 Å². The van der Waals surface area contributed by atoms with Gasteiger partial charge in [-0.3, -0.25) is 4.79 Å². The van der Waals surface area contributed by atoms with E-state index in [1.165, 1.54) is 27.5 Å².